The standard InChI is InChI=1S/C16H16Cl2O14S5/c17-15-9(5-33(19,20)21)1-13(2-10(15)6-34(22,23)24)37(31,32)14-3-11(7-35(25,26)27)16(18)12(4-14)8-36(28,29)30/h1-4H,5-8H2,(H,19,20,21)(H,22,23,24)(H,25,26,27)(H,28,29,30). The maximum Gasteiger partial charge on any atom is 0.269 e. The highest BCUT2D eigenvalue weighted by Crippen LogP contribution is 2.34. The Kier molecular flexibility index (Phi) is 9.15. The van der Waals surface area contributed by atoms with Gasteiger partial charge in [0.05, 0.1) is 9.79 Å². The second-order valence-corrected chi connectivity index (χ2v) is 16.0. The Labute approximate surface area is 222 Å². The predicted molar refractivity (Wildman–Crippen MR) is 129 cm³/mol. The van der Waals surface area contributed by atoms with Crippen LogP contribution in [0.15, 0.2) is 34.1 Å². The molecular formula is C16H16Cl2O14S5. The van der Waals surface area contributed by atoms with Crippen molar-refractivity contribution >= 4 is 73.5 Å². The minimum Gasteiger partial charge on any atom is -0.285 e. The lowest BCUT2D eigenvalue weighted by atomic mass is 10.1. The molecular weight excluding hydrogens is 647 g/mol. The molecule has 0 bridgehead atoms. The zero-order valence-corrected chi connectivity index (χ0v) is 23.4. The molecule has 14 nitrogen and oxygen atoms in total. The lowest BCUT2D eigenvalue weighted by Crippen LogP contribution is -2.12. The molecule has 0 radical (unpaired) electrons. The summed E-state index contributed by atoms with van der Waals surface area (Å²) in [5.74, 6) is -5.13. The molecule has 2 rings (SSSR count). The summed E-state index contributed by atoms with van der Waals surface area (Å²) < 4.78 is 154. The smallest absolute Gasteiger partial charge is 0.269 e. The fourth-order valence-electron chi connectivity index (χ4n) is 3.09. The quantitative estimate of drug-likeness (QED) is 0.262. The molecule has 0 aliphatic carbocycles. The molecule has 0 spiro atoms. The molecule has 0 fully saturated rings. The summed E-state index contributed by atoms with van der Waals surface area (Å²) in [5, 5.41) is -1.24. The van der Waals surface area contributed by atoms with Crippen molar-refractivity contribution in [2.75, 3.05) is 0 Å². The summed E-state index contributed by atoms with van der Waals surface area (Å²) in [7, 11) is -24.3. The van der Waals surface area contributed by atoms with Crippen LogP contribution < -0.4 is 0 Å². The van der Waals surface area contributed by atoms with Gasteiger partial charge in [0.15, 0.2) is 0 Å². The van der Waals surface area contributed by atoms with E-state index in [-0.39, 0.29) is 0 Å². The van der Waals surface area contributed by atoms with Crippen molar-refractivity contribution in [2.24, 2.45) is 0 Å². The van der Waals surface area contributed by atoms with Gasteiger partial charge in [-0.25, -0.2) is 8.42 Å². The van der Waals surface area contributed by atoms with Gasteiger partial charge in [0.25, 0.3) is 40.5 Å². The van der Waals surface area contributed by atoms with Crippen LogP contribution >= 0.6 is 23.2 Å². The Morgan fingerprint density at radius 2 is 0.649 bits per heavy atom. The van der Waals surface area contributed by atoms with Crippen LogP contribution in [-0.4, -0.2) is 60.3 Å². The summed E-state index contributed by atoms with van der Waals surface area (Å²) in [4.78, 5) is -1.74. The van der Waals surface area contributed by atoms with Crippen molar-refractivity contribution in [3.8, 4) is 0 Å². The molecule has 0 heterocycles. The summed E-state index contributed by atoms with van der Waals surface area (Å²) >= 11 is 11.9. The van der Waals surface area contributed by atoms with Crippen molar-refractivity contribution in [3.63, 3.8) is 0 Å². The third-order valence-electron chi connectivity index (χ3n) is 4.37. The third-order valence-corrected chi connectivity index (χ3v) is 9.75. The predicted octanol–water partition coefficient (Wildman–Crippen LogP) is 1.38. The Hall–Kier alpha value is -1.39. The summed E-state index contributed by atoms with van der Waals surface area (Å²) in [6.45, 7) is 0. The van der Waals surface area contributed by atoms with Crippen LogP contribution in [0, 0.1) is 0 Å². The van der Waals surface area contributed by atoms with E-state index >= 15 is 0 Å². The highest BCUT2D eigenvalue weighted by Gasteiger charge is 2.27. The Balaban J connectivity index is 2.92. The van der Waals surface area contributed by atoms with E-state index in [1.54, 1.807) is 0 Å². The van der Waals surface area contributed by atoms with E-state index in [0.717, 1.165) is 0 Å². The van der Waals surface area contributed by atoms with Gasteiger partial charge in [-0.15, -0.1) is 0 Å². The van der Waals surface area contributed by atoms with Gasteiger partial charge >= 0.3 is 0 Å². The van der Waals surface area contributed by atoms with Crippen molar-refractivity contribution < 1.29 is 60.3 Å². The summed E-state index contributed by atoms with van der Waals surface area (Å²) in [6.07, 6.45) is 0. The zero-order chi connectivity index (χ0) is 28.8. The molecule has 0 atom stereocenters. The van der Waals surface area contributed by atoms with Crippen LogP contribution in [0.25, 0.3) is 0 Å². The molecule has 0 unspecified atom stereocenters. The molecule has 0 saturated heterocycles. The fraction of sp³-hybridized carbons (Fsp3) is 0.250. The highest BCUT2D eigenvalue weighted by molar-refractivity contribution is 7.91. The first kappa shape index (κ1) is 31.8. The van der Waals surface area contributed by atoms with Gasteiger partial charge in [-0.3, -0.25) is 18.2 Å². The average molecular weight is 664 g/mol. The van der Waals surface area contributed by atoms with E-state index < -0.39 is 115 Å². The van der Waals surface area contributed by atoms with Gasteiger partial charge in [-0.05, 0) is 46.5 Å². The number of hydrogen-bond acceptors (Lipinski definition) is 10. The second-order valence-electron chi connectivity index (χ2n) is 7.52. The van der Waals surface area contributed by atoms with E-state index in [2.05, 4.69) is 0 Å². The van der Waals surface area contributed by atoms with E-state index in [1.165, 1.54) is 0 Å². The van der Waals surface area contributed by atoms with E-state index in [9.17, 15) is 60.3 Å². The first-order valence-electron chi connectivity index (χ1n) is 9.06. The van der Waals surface area contributed by atoms with E-state index in [0.29, 0.717) is 24.3 Å². The normalized spacial score (nSPS) is 13.6. The van der Waals surface area contributed by atoms with Gasteiger partial charge < -0.3 is 0 Å². The zero-order valence-electron chi connectivity index (χ0n) is 17.8. The van der Waals surface area contributed by atoms with Gasteiger partial charge in [-0.2, -0.15) is 33.7 Å². The number of benzene rings is 2. The van der Waals surface area contributed by atoms with Crippen LogP contribution in [0.3, 0.4) is 0 Å². The molecule has 0 saturated carbocycles. The number of rotatable bonds is 10. The van der Waals surface area contributed by atoms with Gasteiger partial charge in [0, 0.05) is 10.0 Å². The Bertz CT molecular complexity index is 1560. The first-order chi connectivity index (χ1) is 16.4. The molecule has 0 aromatic heterocycles. The maximum atomic E-state index is 13.4. The number of hydrogen-bond donors (Lipinski definition) is 4. The molecule has 0 aliphatic rings. The molecule has 4 N–H and O–H groups in total. The van der Waals surface area contributed by atoms with Crippen LogP contribution in [0.5, 0.6) is 0 Å². The molecule has 21 heteroatoms. The maximum absolute atomic E-state index is 13.4. The molecule has 0 amide bonds. The Morgan fingerprint density at radius 3 is 0.811 bits per heavy atom. The van der Waals surface area contributed by atoms with Crippen molar-refractivity contribution in [3.05, 3.63) is 56.6 Å². The number of sulfone groups is 1. The van der Waals surface area contributed by atoms with Gasteiger partial charge in [0.1, 0.15) is 23.0 Å². The summed E-state index contributed by atoms with van der Waals surface area (Å²) in [6, 6.07) is 2.55. The van der Waals surface area contributed by atoms with Crippen LogP contribution in [0.4, 0.5) is 0 Å². The molecule has 2 aromatic rings. The minimum atomic E-state index is -4.91. The minimum absolute atomic E-state index is 0.603. The fourth-order valence-corrected chi connectivity index (χ4v) is 7.84. The van der Waals surface area contributed by atoms with E-state index in [1.807, 2.05) is 0 Å². The Morgan fingerprint density at radius 1 is 0.459 bits per heavy atom. The molecule has 37 heavy (non-hydrogen) atoms. The SMILES string of the molecule is O=S(=O)(O)Cc1cc(S(=O)(=O)c2cc(CS(=O)(=O)O)c(Cl)c(CS(=O)(=O)O)c2)cc(CS(=O)(=O)O)c1Cl. The monoisotopic (exact) mass is 662 g/mol. The van der Waals surface area contributed by atoms with Crippen LogP contribution in [0.2, 0.25) is 10.0 Å². The van der Waals surface area contributed by atoms with Gasteiger partial charge in [-0.1, -0.05) is 23.2 Å². The topological polar surface area (TPSA) is 252 Å². The van der Waals surface area contributed by atoms with Crippen LogP contribution in [-0.2, 0) is 73.3 Å². The van der Waals surface area contributed by atoms with Crippen molar-refractivity contribution in [2.45, 2.75) is 32.8 Å². The molecule has 2 aromatic carbocycles. The van der Waals surface area contributed by atoms with Gasteiger partial charge in [0.2, 0.25) is 9.84 Å². The first-order valence-corrected chi connectivity index (χ1v) is 17.7. The molecule has 0 aliphatic heterocycles. The second kappa shape index (κ2) is 10.6. The van der Waals surface area contributed by atoms with Crippen molar-refractivity contribution in [1.82, 2.24) is 0 Å². The van der Waals surface area contributed by atoms with Crippen molar-refractivity contribution in [1.29, 1.82) is 0 Å². The number of halogens is 2. The average Bonchev–Trinajstić information content (AvgIpc) is 2.63. The lowest BCUT2D eigenvalue weighted by Gasteiger charge is -2.15. The lowest BCUT2D eigenvalue weighted by molar-refractivity contribution is 0.479. The summed E-state index contributed by atoms with van der Waals surface area (Å²) in [5.41, 5.74) is -2.41. The van der Waals surface area contributed by atoms with E-state index in [4.69, 9.17) is 23.2 Å². The third kappa shape index (κ3) is 9.39. The van der Waals surface area contributed by atoms with Crippen LogP contribution in [0.1, 0.15) is 22.3 Å². The largest absolute Gasteiger partial charge is 0.285 e. The highest BCUT2D eigenvalue weighted by atomic mass is 35.5. The molecule has 208 valence electrons.